The first kappa shape index (κ1) is 16.6. The van der Waals surface area contributed by atoms with Crippen molar-refractivity contribution in [1.82, 2.24) is 5.01 Å². The van der Waals surface area contributed by atoms with Crippen LogP contribution in [0, 0.1) is 0 Å². The van der Waals surface area contributed by atoms with Gasteiger partial charge in [0.2, 0.25) is 12.1 Å². The molecule has 1 atom stereocenters. The minimum Gasteiger partial charge on any atom is -0.446 e. The molecule has 0 saturated heterocycles. The maximum Gasteiger partial charge on any atom is 0.240 e. The normalized spacial score (nSPS) is 16.9. The van der Waals surface area contributed by atoms with E-state index >= 15 is 0 Å². The van der Waals surface area contributed by atoms with Crippen molar-refractivity contribution in [3.63, 3.8) is 0 Å². The third kappa shape index (κ3) is 3.61. The summed E-state index contributed by atoms with van der Waals surface area (Å²) in [4.78, 5) is 0. The van der Waals surface area contributed by atoms with Gasteiger partial charge in [0.15, 0.2) is 0 Å². The van der Waals surface area contributed by atoms with Gasteiger partial charge in [0.05, 0.1) is 0 Å². The Labute approximate surface area is 145 Å². The number of rotatable bonds is 6. The molecule has 0 bridgehead atoms. The third-order valence-corrected chi connectivity index (χ3v) is 4.35. The highest BCUT2D eigenvalue weighted by molar-refractivity contribution is 5.94. The van der Waals surface area contributed by atoms with E-state index < -0.39 is 0 Å². The highest BCUT2D eigenvalue weighted by Gasteiger charge is 2.27. The van der Waals surface area contributed by atoms with Gasteiger partial charge < -0.3 is 4.74 Å². The summed E-state index contributed by atoms with van der Waals surface area (Å²) in [6, 6.07) is 17.2. The van der Waals surface area contributed by atoms with E-state index in [2.05, 4.69) is 67.5 Å². The fourth-order valence-electron chi connectivity index (χ4n) is 3.05. The van der Waals surface area contributed by atoms with Crippen LogP contribution in [0.4, 0.5) is 0 Å². The number of hydrazone groups is 1. The Kier molecular flexibility index (Phi) is 5.19. The molecule has 1 aliphatic rings. The van der Waals surface area contributed by atoms with E-state index in [1.807, 2.05) is 12.1 Å². The molecule has 126 valence electrons. The first-order valence-electron chi connectivity index (χ1n) is 8.87. The van der Waals surface area contributed by atoms with Gasteiger partial charge in [0, 0.05) is 18.2 Å². The monoisotopic (exact) mass is 322 g/mol. The SMILES string of the molecule is CCCc1ccc(C2=NN(C)C(c3ccc(CCC)cc3)O2)cc1. The summed E-state index contributed by atoms with van der Waals surface area (Å²) >= 11 is 0. The van der Waals surface area contributed by atoms with Gasteiger partial charge in [-0.05, 0) is 36.1 Å². The molecule has 3 heteroatoms. The Bertz CT molecular complexity index is 689. The molecule has 0 amide bonds. The predicted molar refractivity (Wildman–Crippen MR) is 99.0 cm³/mol. The zero-order valence-electron chi connectivity index (χ0n) is 14.8. The molecule has 0 N–H and O–H groups in total. The van der Waals surface area contributed by atoms with Crippen LogP contribution in [0.15, 0.2) is 53.6 Å². The van der Waals surface area contributed by atoms with E-state index in [9.17, 15) is 0 Å². The van der Waals surface area contributed by atoms with Crippen molar-refractivity contribution < 1.29 is 4.74 Å². The molecule has 0 aliphatic carbocycles. The molecule has 0 aromatic heterocycles. The largest absolute Gasteiger partial charge is 0.446 e. The summed E-state index contributed by atoms with van der Waals surface area (Å²) in [5.74, 6) is 0.697. The second kappa shape index (κ2) is 7.52. The molecule has 3 nitrogen and oxygen atoms in total. The van der Waals surface area contributed by atoms with Gasteiger partial charge in [-0.1, -0.05) is 63.1 Å². The van der Waals surface area contributed by atoms with Crippen LogP contribution in [-0.2, 0) is 17.6 Å². The Morgan fingerprint density at radius 2 is 1.42 bits per heavy atom. The maximum absolute atomic E-state index is 6.12. The molecule has 1 unspecified atom stereocenters. The molecule has 1 aliphatic heterocycles. The molecule has 24 heavy (non-hydrogen) atoms. The molecular formula is C21H26N2O. The van der Waals surface area contributed by atoms with Crippen LogP contribution >= 0.6 is 0 Å². The Morgan fingerprint density at radius 1 is 0.875 bits per heavy atom. The van der Waals surface area contributed by atoms with Crippen molar-refractivity contribution in [2.75, 3.05) is 7.05 Å². The van der Waals surface area contributed by atoms with Gasteiger partial charge in [-0.15, -0.1) is 5.10 Å². The van der Waals surface area contributed by atoms with Crippen molar-refractivity contribution in [2.45, 2.75) is 45.8 Å². The Hall–Kier alpha value is -2.29. The Morgan fingerprint density at radius 3 is 1.96 bits per heavy atom. The maximum atomic E-state index is 6.12. The molecule has 0 spiro atoms. The van der Waals surface area contributed by atoms with Crippen LogP contribution in [0.3, 0.4) is 0 Å². The first-order valence-corrected chi connectivity index (χ1v) is 8.87. The zero-order chi connectivity index (χ0) is 16.9. The van der Waals surface area contributed by atoms with Gasteiger partial charge in [-0.3, -0.25) is 5.01 Å². The second-order valence-corrected chi connectivity index (χ2v) is 6.39. The van der Waals surface area contributed by atoms with Crippen molar-refractivity contribution >= 4 is 5.90 Å². The molecule has 0 radical (unpaired) electrons. The number of hydrogen-bond acceptors (Lipinski definition) is 3. The lowest BCUT2D eigenvalue weighted by Crippen LogP contribution is -2.15. The van der Waals surface area contributed by atoms with E-state index in [1.54, 1.807) is 0 Å². The standard InChI is InChI=1S/C21H26N2O/c1-4-6-16-8-12-18(13-9-16)20-22-23(3)21(24-20)19-14-10-17(7-5-2)11-15-19/h8-15,21H,4-7H2,1-3H3. The van der Waals surface area contributed by atoms with Gasteiger partial charge in [0.1, 0.15) is 0 Å². The number of aryl methyl sites for hydroxylation is 2. The van der Waals surface area contributed by atoms with Crippen LogP contribution in [0.1, 0.15) is 55.2 Å². The number of ether oxygens (including phenoxy) is 1. The third-order valence-electron chi connectivity index (χ3n) is 4.35. The lowest BCUT2D eigenvalue weighted by molar-refractivity contribution is 0.0779. The van der Waals surface area contributed by atoms with E-state index in [0.717, 1.165) is 30.4 Å². The average Bonchev–Trinajstić information content (AvgIpc) is 2.99. The second-order valence-electron chi connectivity index (χ2n) is 6.39. The average molecular weight is 322 g/mol. The number of benzene rings is 2. The molecule has 3 rings (SSSR count). The fourth-order valence-corrected chi connectivity index (χ4v) is 3.05. The molecule has 0 fully saturated rings. The van der Waals surface area contributed by atoms with Crippen molar-refractivity contribution in [3.8, 4) is 0 Å². The van der Waals surface area contributed by atoms with Crippen LogP contribution < -0.4 is 0 Å². The van der Waals surface area contributed by atoms with Crippen LogP contribution in [0.5, 0.6) is 0 Å². The molecule has 0 saturated carbocycles. The minimum absolute atomic E-state index is 0.147. The summed E-state index contributed by atoms with van der Waals surface area (Å²) < 4.78 is 6.12. The molecule has 2 aromatic carbocycles. The van der Waals surface area contributed by atoms with Gasteiger partial charge in [-0.25, -0.2) is 0 Å². The van der Waals surface area contributed by atoms with E-state index in [1.165, 1.54) is 17.5 Å². The van der Waals surface area contributed by atoms with Crippen molar-refractivity contribution in [2.24, 2.45) is 5.10 Å². The quantitative estimate of drug-likeness (QED) is 0.754. The predicted octanol–water partition coefficient (Wildman–Crippen LogP) is 4.91. The topological polar surface area (TPSA) is 24.8 Å². The summed E-state index contributed by atoms with van der Waals surface area (Å²) in [6.45, 7) is 4.40. The van der Waals surface area contributed by atoms with Crippen molar-refractivity contribution in [3.05, 3.63) is 70.8 Å². The number of nitrogens with zero attached hydrogens (tertiary/aromatic N) is 2. The van der Waals surface area contributed by atoms with E-state index in [4.69, 9.17) is 4.74 Å². The first-order chi connectivity index (χ1) is 11.7. The number of hydrogen-bond donors (Lipinski definition) is 0. The smallest absolute Gasteiger partial charge is 0.240 e. The van der Waals surface area contributed by atoms with Gasteiger partial charge >= 0.3 is 0 Å². The summed E-state index contributed by atoms with van der Waals surface area (Å²) in [5.41, 5.74) is 4.90. The highest BCUT2D eigenvalue weighted by Crippen LogP contribution is 2.29. The Balaban J connectivity index is 1.72. The highest BCUT2D eigenvalue weighted by atomic mass is 16.5. The summed E-state index contributed by atoms with van der Waals surface area (Å²) in [6.07, 6.45) is 4.41. The lowest BCUT2D eigenvalue weighted by Gasteiger charge is -2.18. The molecule has 2 aromatic rings. The van der Waals surface area contributed by atoms with E-state index in [-0.39, 0.29) is 6.23 Å². The van der Waals surface area contributed by atoms with Gasteiger partial charge in [-0.2, -0.15) is 0 Å². The van der Waals surface area contributed by atoms with Crippen LogP contribution in [-0.4, -0.2) is 18.0 Å². The van der Waals surface area contributed by atoms with E-state index in [0.29, 0.717) is 5.90 Å². The van der Waals surface area contributed by atoms with Crippen molar-refractivity contribution in [1.29, 1.82) is 0 Å². The van der Waals surface area contributed by atoms with Crippen LogP contribution in [0.25, 0.3) is 0 Å². The fraction of sp³-hybridized carbons (Fsp3) is 0.381. The lowest BCUT2D eigenvalue weighted by atomic mass is 10.1. The summed E-state index contributed by atoms with van der Waals surface area (Å²) in [7, 11) is 1.96. The minimum atomic E-state index is -0.147. The molecule has 1 heterocycles. The zero-order valence-corrected chi connectivity index (χ0v) is 14.8. The molecular weight excluding hydrogens is 296 g/mol. The van der Waals surface area contributed by atoms with Gasteiger partial charge in [0.25, 0.3) is 0 Å². The van der Waals surface area contributed by atoms with Crippen LogP contribution in [0.2, 0.25) is 0 Å². The summed E-state index contributed by atoms with van der Waals surface area (Å²) in [5, 5.41) is 6.47.